The Morgan fingerprint density at radius 2 is 2.00 bits per heavy atom. The average molecular weight is 270 g/mol. The van der Waals surface area contributed by atoms with Crippen molar-refractivity contribution in [1.82, 2.24) is 9.55 Å². The van der Waals surface area contributed by atoms with Crippen molar-refractivity contribution in [3.63, 3.8) is 0 Å². The fourth-order valence-corrected chi connectivity index (χ4v) is 3.22. The lowest BCUT2D eigenvalue weighted by atomic mass is 9.86. The zero-order chi connectivity index (χ0) is 13.9. The van der Waals surface area contributed by atoms with Gasteiger partial charge in [-0.2, -0.15) is 0 Å². The molecule has 0 spiro atoms. The first-order valence-electron chi connectivity index (χ1n) is 7.73. The van der Waals surface area contributed by atoms with Crippen molar-refractivity contribution >= 4 is 16.8 Å². The molecule has 0 saturated heterocycles. The highest BCUT2D eigenvalue weighted by molar-refractivity contribution is 5.79. The van der Waals surface area contributed by atoms with Crippen molar-refractivity contribution in [1.29, 1.82) is 0 Å². The Kier molecular flexibility index (Phi) is 3.86. The van der Waals surface area contributed by atoms with Gasteiger partial charge in [0.15, 0.2) is 0 Å². The number of ketones is 1. The average Bonchev–Trinajstić information content (AvgIpc) is 2.80. The summed E-state index contributed by atoms with van der Waals surface area (Å²) in [5.74, 6) is 2.26. The van der Waals surface area contributed by atoms with Crippen LogP contribution in [-0.2, 0) is 17.8 Å². The molecular weight excluding hydrogens is 248 g/mol. The Labute approximate surface area is 120 Å². The molecule has 0 radical (unpaired) electrons. The van der Waals surface area contributed by atoms with Gasteiger partial charge < -0.3 is 4.57 Å². The van der Waals surface area contributed by atoms with E-state index in [2.05, 4.69) is 35.8 Å². The van der Waals surface area contributed by atoms with E-state index in [1.807, 2.05) is 0 Å². The molecule has 0 atom stereocenters. The van der Waals surface area contributed by atoms with E-state index in [1.165, 1.54) is 11.3 Å². The van der Waals surface area contributed by atoms with Crippen molar-refractivity contribution in [3.8, 4) is 0 Å². The first kappa shape index (κ1) is 13.3. The van der Waals surface area contributed by atoms with Crippen LogP contribution < -0.4 is 0 Å². The van der Waals surface area contributed by atoms with E-state index in [4.69, 9.17) is 4.98 Å². The predicted octanol–water partition coefficient (Wildman–Crippen LogP) is 3.75. The molecule has 0 bridgehead atoms. The fraction of sp³-hybridized carbons (Fsp3) is 0.529. The summed E-state index contributed by atoms with van der Waals surface area (Å²) < 4.78 is 2.37. The van der Waals surface area contributed by atoms with Gasteiger partial charge in [-0.15, -0.1) is 0 Å². The molecule has 2 aromatic rings. The maximum atomic E-state index is 11.4. The van der Waals surface area contributed by atoms with Crippen molar-refractivity contribution in [2.45, 2.75) is 52.0 Å². The zero-order valence-electron chi connectivity index (χ0n) is 12.1. The number of carbonyl (C=O) groups excluding carboxylic acids is 1. The summed E-state index contributed by atoms with van der Waals surface area (Å²) in [7, 11) is 0. The molecule has 0 unspecified atom stereocenters. The maximum absolute atomic E-state index is 11.4. The van der Waals surface area contributed by atoms with Crippen LogP contribution in [0.4, 0.5) is 0 Å². The van der Waals surface area contributed by atoms with Gasteiger partial charge in [-0.1, -0.05) is 19.1 Å². The highest BCUT2D eigenvalue weighted by Crippen LogP contribution is 2.26. The second-order valence-corrected chi connectivity index (χ2v) is 5.85. The molecule has 1 saturated carbocycles. The lowest BCUT2D eigenvalue weighted by Crippen LogP contribution is -2.18. The normalized spacial score (nSPS) is 16.9. The number of fused-ring (bicyclic) bond motifs is 1. The molecule has 1 heterocycles. The summed E-state index contributed by atoms with van der Waals surface area (Å²) in [6.07, 6.45) is 5.73. The van der Waals surface area contributed by atoms with E-state index in [1.54, 1.807) is 0 Å². The van der Waals surface area contributed by atoms with Gasteiger partial charge in [-0.05, 0) is 37.3 Å². The summed E-state index contributed by atoms with van der Waals surface area (Å²) in [5, 5.41) is 0. The number of benzene rings is 1. The number of aromatic nitrogens is 2. The second-order valence-electron chi connectivity index (χ2n) is 5.85. The van der Waals surface area contributed by atoms with Crippen LogP contribution in [0.1, 0.15) is 44.9 Å². The van der Waals surface area contributed by atoms with E-state index >= 15 is 0 Å². The van der Waals surface area contributed by atoms with E-state index in [0.717, 1.165) is 50.6 Å². The third kappa shape index (κ3) is 2.62. The molecule has 0 N–H and O–H groups in total. The molecule has 1 aliphatic carbocycles. The summed E-state index contributed by atoms with van der Waals surface area (Å²) in [6, 6.07) is 8.38. The molecule has 20 heavy (non-hydrogen) atoms. The molecule has 0 amide bonds. The minimum Gasteiger partial charge on any atom is -0.328 e. The third-order valence-electron chi connectivity index (χ3n) is 4.31. The zero-order valence-corrected chi connectivity index (χ0v) is 12.1. The van der Waals surface area contributed by atoms with Gasteiger partial charge in [0.05, 0.1) is 11.0 Å². The summed E-state index contributed by atoms with van der Waals surface area (Å²) in [5.41, 5.74) is 2.35. The first-order valence-corrected chi connectivity index (χ1v) is 7.73. The van der Waals surface area contributed by atoms with E-state index in [9.17, 15) is 4.79 Å². The van der Waals surface area contributed by atoms with Crippen LogP contribution in [0.3, 0.4) is 0 Å². The number of para-hydroxylation sites is 2. The fourth-order valence-electron chi connectivity index (χ4n) is 3.22. The minimum absolute atomic E-state index is 0.434. The highest BCUT2D eigenvalue weighted by Gasteiger charge is 2.21. The second kappa shape index (κ2) is 5.78. The smallest absolute Gasteiger partial charge is 0.132 e. The quantitative estimate of drug-likeness (QED) is 0.848. The van der Waals surface area contributed by atoms with E-state index in [-0.39, 0.29) is 0 Å². The lowest BCUT2D eigenvalue weighted by molar-refractivity contribution is -0.121. The lowest BCUT2D eigenvalue weighted by Gasteiger charge is -2.21. The number of hydrogen-bond acceptors (Lipinski definition) is 2. The molecule has 0 aliphatic heterocycles. The van der Waals surface area contributed by atoms with Gasteiger partial charge in [0.2, 0.25) is 0 Å². The van der Waals surface area contributed by atoms with Crippen molar-refractivity contribution in [3.05, 3.63) is 30.1 Å². The van der Waals surface area contributed by atoms with E-state index in [0.29, 0.717) is 11.7 Å². The number of carbonyl (C=O) groups is 1. The van der Waals surface area contributed by atoms with Crippen LogP contribution in [0.5, 0.6) is 0 Å². The number of rotatable bonds is 4. The third-order valence-corrected chi connectivity index (χ3v) is 4.31. The van der Waals surface area contributed by atoms with Crippen LogP contribution in [0.2, 0.25) is 0 Å². The van der Waals surface area contributed by atoms with Gasteiger partial charge in [0, 0.05) is 25.8 Å². The molecule has 1 aromatic carbocycles. The maximum Gasteiger partial charge on any atom is 0.132 e. The number of hydrogen-bond donors (Lipinski definition) is 0. The highest BCUT2D eigenvalue weighted by atomic mass is 16.1. The van der Waals surface area contributed by atoms with E-state index < -0.39 is 0 Å². The molecule has 3 nitrogen and oxygen atoms in total. The minimum atomic E-state index is 0.434. The van der Waals surface area contributed by atoms with Crippen molar-refractivity contribution in [2.75, 3.05) is 0 Å². The monoisotopic (exact) mass is 270 g/mol. The van der Waals surface area contributed by atoms with Crippen LogP contribution >= 0.6 is 0 Å². The Bertz CT molecular complexity index is 604. The van der Waals surface area contributed by atoms with Crippen LogP contribution in [0.15, 0.2) is 24.3 Å². The Hall–Kier alpha value is -1.64. The predicted molar refractivity (Wildman–Crippen MR) is 80.7 cm³/mol. The van der Waals surface area contributed by atoms with Gasteiger partial charge >= 0.3 is 0 Å². The van der Waals surface area contributed by atoms with Crippen LogP contribution in [-0.4, -0.2) is 15.3 Å². The Morgan fingerprint density at radius 1 is 1.25 bits per heavy atom. The summed E-state index contributed by atoms with van der Waals surface area (Å²) in [6.45, 7) is 3.24. The Morgan fingerprint density at radius 3 is 2.75 bits per heavy atom. The molecule has 1 aromatic heterocycles. The summed E-state index contributed by atoms with van der Waals surface area (Å²) in [4.78, 5) is 16.2. The van der Waals surface area contributed by atoms with Gasteiger partial charge in [0.1, 0.15) is 11.6 Å². The van der Waals surface area contributed by atoms with Crippen molar-refractivity contribution < 1.29 is 4.79 Å². The molecular formula is C17H22N2O. The molecule has 1 aliphatic rings. The van der Waals surface area contributed by atoms with Gasteiger partial charge in [-0.25, -0.2) is 4.98 Å². The number of nitrogens with zero attached hydrogens (tertiary/aromatic N) is 2. The number of Topliss-reactive ketones (excluding diaryl/α,β-unsaturated/α-hetero) is 1. The van der Waals surface area contributed by atoms with Crippen molar-refractivity contribution in [2.24, 2.45) is 5.92 Å². The van der Waals surface area contributed by atoms with Gasteiger partial charge in [-0.3, -0.25) is 4.79 Å². The summed E-state index contributed by atoms with van der Waals surface area (Å²) >= 11 is 0. The number of aryl methyl sites for hydroxylation is 1. The van der Waals surface area contributed by atoms with Gasteiger partial charge in [0.25, 0.3) is 0 Å². The van der Waals surface area contributed by atoms with Crippen LogP contribution in [0.25, 0.3) is 11.0 Å². The standard InChI is InChI=1S/C17H22N2O/c1-2-11-19-16-6-4-3-5-15(16)18-17(19)12-13-7-9-14(20)10-8-13/h3-6,13H,2,7-12H2,1H3. The number of imidazole rings is 1. The largest absolute Gasteiger partial charge is 0.328 e. The molecule has 106 valence electrons. The molecule has 1 fully saturated rings. The molecule has 3 heteroatoms. The first-order chi connectivity index (χ1) is 9.78. The topological polar surface area (TPSA) is 34.9 Å². The Balaban J connectivity index is 1.86. The van der Waals surface area contributed by atoms with Crippen LogP contribution in [0, 0.1) is 5.92 Å². The SMILES string of the molecule is CCCn1c(CC2CCC(=O)CC2)nc2ccccc21. The molecule has 3 rings (SSSR count).